The van der Waals surface area contributed by atoms with Gasteiger partial charge in [-0.1, -0.05) is 5.16 Å². The van der Waals surface area contributed by atoms with E-state index in [-0.39, 0.29) is 11.9 Å². The van der Waals surface area contributed by atoms with Crippen molar-refractivity contribution in [3.05, 3.63) is 24.3 Å². The fourth-order valence-electron chi connectivity index (χ4n) is 3.75. The van der Waals surface area contributed by atoms with E-state index < -0.39 is 0 Å². The van der Waals surface area contributed by atoms with Crippen LogP contribution in [0.3, 0.4) is 0 Å². The molecule has 2 aliphatic rings. The molecule has 122 valence electrons. The third-order valence-electron chi connectivity index (χ3n) is 5.03. The minimum Gasteiger partial charge on any atom is -0.461 e. The summed E-state index contributed by atoms with van der Waals surface area (Å²) in [5.74, 6) is 2.65. The maximum atomic E-state index is 12.4. The molecule has 2 fully saturated rings. The fraction of sp³-hybridized carbons (Fsp3) is 0.562. The summed E-state index contributed by atoms with van der Waals surface area (Å²) in [5.41, 5.74) is 6.12. The van der Waals surface area contributed by atoms with Crippen molar-refractivity contribution >= 4 is 5.91 Å². The molecule has 2 N–H and O–H groups in total. The molecular weight excluding hydrogens is 296 g/mol. The van der Waals surface area contributed by atoms with Gasteiger partial charge in [-0.15, -0.1) is 0 Å². The number of likely N-dealkylation sites (tertiary alicyclic amines) is 1. The van der Waals surface area contributed by atoms with Crippen molar-refractivity contribution in [3.8, 4) is 11.6 Å². The van der Waals surface area contributed by atoms with Crippen LogP contribution >= 0.6 is 0 Å². The number of amides is 1. The number of fused-ring (bicyclic) bond motifs is 1. The number of nitrogens with zero attached hydrogens (tertiary/aromatic N) is 3. The number of carbonyl (C=O) groups excluding carboxylic acids is 1. The first kappa shape index (κ1) is 14.4. The summed E-state index contributed by atoms with van der Waals surface area (Å²) in [4.78, 5) is 18.6. The lowest BCUT2D eigenvalue weighted by Gasteiger charge is -2.18. The van der Waals surface area contributed by atoms with Crippen LogP contribution < -0.4 is 5.73 Å². The van der Waals surface area contributed by atoms with Gasteiger partial charge in [-0.2, -0.15) is 4.98 Å². The first-order chi connectivity index (χ1) is 11.2. The second-order valence-electron chi connectivity index (χ2n) is 6.45. The lowest BCUT2D eigenvalue weighted by atomic mass is 9.98. The number of carbonyl (C=O) groups is 1. The highest BCUT2D eigenvalue weighted by Crippen LogP contribution is 2.37. The molecule has 7 nitrogen and oxygen atoms in total. The Hall–Kier alpha value is -2.15. The molecule has 7 heteroatoms. The number of aryl methyl sites for hydroxylation is 1. The van der Waals surface area contributed by atoms with Gasteiger partial charge in [0.2, 0.25) is 17.6 Å². The average molecular weight is 316 g/mol. The van der Waals surface area contributed by atoms with Gasteiger partial charge in [-0.05, 0) is 36.8 Å². The minimum absolute atomic E-state index is 0.143. The largest absolute Gasteiger partial charge is 0.461 e. The molecule has 2 aromatic rings. The quantitative estimate of drug-likeness (QED) is 0.917. The van der Waals surface area contributed by atoms with Crippen LogP contribution in [0.4, 0.5) is 0 Å². The summed E-state index contributed by atoms with van der Waals surface area (Å²) in [7, 11) is 0. The van der Waals surface area contributed by atoms with E-state index in [0.717, 1.165) is 25.9 Å². The van der Waals surface area contributed by atoms with Gasteiger partial charge in [-0.3, -0.25) is 4.79 Å². The van der Waals surface area contributed by atoms with Crippen molar-refractivity contribution in [1.29, 1.82) is 0 Å². The van der Waals surface area contributed by atoms with Gasteiger partial charge in [0.15, 0.2) is 5.76 Å². The fourth-order valence-corrected chi connectivity index (χ4v) is 3.75. The highest BCUT2D eigenvalue weighted by Gasteiger charge is 2.42. The Morgan fingerprint density at radius 2 is 2.30 bits per heavy atom. The number of furan rings is 1. The van der Waals surface area contributed by atoms with Crippen LogP contribution in [0.25, 0.3) is 11.6 Å². The number of rotatable bonds is 4. The molecule has 3 atom stereocenters. The molecule has 23 heavy (non-hydrogen) atoms. The van der Waals surface area contributed by atoms with Crippen LogP contribution in [0.5, 0.6) is 0 Å². The van der Waals surface area contributed by atoms with Crippen molar-refractivity contribution in [3.63, 3.8) is 0 Å². The van der Waals surface area contributed by atoms with Gasteiger partial charge in [0.05, 0.1) is 6.26 Å². The summed E-state index contributed by atoms with van der Waals surface area (Å²) >= 11 is 0. The standard InChI is InChI=1S/C16H20N4O3/c17-12-4-3-10-8-20(9-11(10)12)15(21)6-5-14-18-16(19-23-14)13-2-1-7-22-13/h1-2,7,10-12H,3-6,8-9,17H2. The molecule has 1 amide bonds. The molecule has 1 aliphatic carbocycles. The van der Waals surface area contributed by atoms with Gasteiger partial charge in [0, 0.05) is 32.0 Å². The van der Waals surface area contributed by atoms with E-state index in [0.29, 0.717) is 42.2 Å². The monoisotopic (exact) mass is 316 g/mol. The zero-order chi connectivity index (χ0) is 15.8. The van der Waals surface area contributed by atoms with Crippen molar-refractivity contribution < 1.29 is 13.7 Å². The summed E-state index contributed by atoms with van der Waals surface area (Å²) in [6.07, 6.45) is 4.63. The summed E-state index contributed by atoms with van der Waals surface area (Å²) in [6.45, 7) is 1.64. The summed E-state index contributed by atoms with van der Waals surface area (Å²) in [5, 5.41) is 3.87. The zero-order valence-electron chi connectivity index (χ0n) is 12.9. The normalized spacial score (nSPS) is 26.7. The number of hydrogen-bond acceptors (Lipinski definition) is 6. The Kier molecular flexibility index (Phi) is 3.65. The maximum Gasteiger partial charge on any atom is 0.238 e. The average Bonchev–Trinajstić information content (AvgIpc) is 3.31. The maximum absolute atomic E-state index is 12.4. The Morgan fingerprint density at radius 3 is 3.09 bits per heavy atom. The Bertz CT molecular complexity index is 681. The van der Waals surface area contributed by atoms with Crippen molar-refractivity contribution in [2.75, 3.05) is 13.1 Å². The lowest BCUT2D eigenvalue weighted by molar-refractivity contribution is -0.130. The van der Waals surface area contributed by atoms with Crippen LogP contribution in [0.2, 0.25) is 0 Å². The number of aromatic nitrogens is 2. The first-order valence-corrected chi connectivity index (χ1v) is 8.10. The summed E-state index contributed by atoms with van der Waals surface area (Å²) in [6, 6.07) is 3.79. The molecule has 0 radical (unpaired) electrons. The van der Waals surface area contributed by atoms with Gasteiger partial charge < -0.3 is 19.6 Å². The molecule has 0 spiro atoms. The van der Waals surface area contributed by atoms with Crippen LogP contribution in [-0.4, -0.2) is 40.1 Å². The smallest absolute Gasteiger partial charge is 0.238 e. The van der Waals surface area contributed by atoms with Crippen LogP contribution in [-0.2, 0) is 11.2 Å². The van der Waals surface area contributed by atoms with E-state index in [4.69, 9.17) is 14.7 Å². The molecular formula is C16H20N4O3. The van der Waals surface area contributed by atoms with E-state index in [1.807, 2.05) is 4.90 Å². The van der Waals surface area contributed by atoms with Crippen molar-refractivity contribution in [2.24, 2.45) is 17.6 Å². The van der Waals surface area contributed by atoms with E-state index in [1.54, 1.807) is 18.4 Å². The lowest BCUT2D eigenvalue weighted by Crippen LogP contribution is -2.33. The third-order valence-corrected chi connectivity index (χ3v) is 5.03. The second-order valence-corrected chi connectivity index (χ2v) is 6.45. The van der Waals surface area contributed by atoms with E-state index in [2.05, 4.69) is 10.1 Å². The molecule has 4 rings (SSSR count). The molecule has 3 unspecified atom stereocenters. The van der Waals surface area contributed by atoms with Crippen LogP contribution in [0.15, 0.2) is 27.3 Å². The SMILES string of the molecule is NC1CCC2CN(C(=O)CCc3nc(-c4ccco4)no3)CC12. The van der Waals surface area contributed by atoms with Gasteiger partial charge >= 0.3 is 0 Å². The Labute approximate surface area is 133 Å². The molecule has 1 aliphatic heterocycles. The predicted octanol–water partition coefficient (Wildman–Crippen LogP) is 1.46. The van der Waals surface area contributed by atoms with Crippen molar-refractivity contribution in [1.82, 2.24) is 15.0 Å². The summed E-state index contributed by atoms with van der Waals surface area (Å²) < 4.78 is 10.4. The first-order valence-electron chi connectivity index (χ1n) is 8.10. The molecule has 3 heterocycles. The Morgan fingerprint density at radius 1 is 1.39 bits per heavy atom. The number of nitrogens with two attached hydrogens (primary N) is 1. The molecule has 0 aromatic carbocycles. The van der Waals surface area contributed by atoms with Gasteiger partial charge in [-0.25, -0.2) is 0 Å². The van der Waals surface area contributed by atoms with E-state index >= 15 is 0 Å². The van der Waals surface area contributed by atoms with E-state index in [1.165, 1.54) is 0 Å². The zero-order valence-corrected chi connectivity index (χ0v) is 12.9. The van der Waals surface area contributed by atoms with E-state index in [9.17, 15) is 4.79 Å². The Balaban J connectivity index is 1.32. The molecule has 0 bridgehead atoms. The van der Waals surface area contributed by atoms with Gasteiger partial charge in [0.1, 0.15) is 0 Å². The molecule has 2 aromatic heterocycles. The highest BCUT2D eigenvalue weighted by atomic mass is 16.5. The number of hydrogen-bond donors (Lipinski definition) is 1. The van der Waals surface area contributed by atoms with Crippen molar-refractivity contribution in [2.45, 2.75) is 31.7 Å². The minimum atomic E-state index is 0.143. The highest BCUT2D eigenvalue weighted by molar-refractivity contribution is 5.76. The molecule has 1 saturated carbocycles. The molecule has 1 saturated heterocycles. The predicted molar refractivity (Wildman–Crippen MR) is 81.1 cm³/mol. The van der Waals surface area contributed by atoms with Crippen LogP contribution in [0, 0.1) is 11.8 Å². The third kappa shape index (κ3) is 2.76. The van der Waals surface area contributed by atoms with Gasteiger partial charge in [0.25, 0.3) is 0 Å². The van der Waals surface area contributed by atoms with Crippen LogP contribution in [0.1, 0.15) is 25.2 Å². The second kappa shape index (κ2) is 5.81. The topological polar surface area (TPSA) is 98.4 Å².